The number of benzene rings is 2. The molecular formula is C22H25FN2O8S. The van der Waals surface area contributed by atoms with E-state index in [1.165, 1.54) is 25.3 Å². The van der Waals surface area contributed by atoms with Crippen LogP contribution in [-0.4, -0.2) is 50.9 Å². The first-order valence-electron chi connectivity index (χ1n) is 10.2. The van der Waals surface area contributed by atoms with Crippen LogP contribution in [0.15, 0.2) is 41.3 Å². The number of carboxylic acids is 1. The van der Waals surface area contributed by atoms with E-state index in [1.807, 2.05) is 0 Å². The monoisotopic (exact) mass is 496 g/mol. The van der Waals surface area contributed by atoms with Gasteiger partial charge in [-0.1, -0.05) is 0 Å². The van der Waals surface area contributed by atoms with Crippen molar-refractivity contribution in [1.82, 2.24) is 0 Å². The van der Waals surface area contributed by atoms with Crippen LogP contribution in [0.1, 0.15) is 27.2 Å². The van der Waals surface area contributed by atoms with Gasteiger partial charge in [-0.25, -0.2) is 17.6 Å². The first kappa shape index (κ1) is 25.1. The Kier molecular flexibility index (Phi) is 6.92. The number of hydrogen-bond acceptors (Lipinski definition) is 7. The summed E-state index contributed by atoms with van der Waals surface area (Å²) in [6, 6.07) is 7.34. The number of carboxylic acid groups (broad SMARTS) is 1. The van der Waals surface area contributed by atoms with Gasteiger partial charge in [-0.3, -0.25) is 14.4 Å². The maximum atomic E-state index is 13.9. The number of methoxy groups -OCH3 is 1. The normalized spacial score (nSPS) is 15.7. The number of hydrogen-bond donors (Lipinski definition) is 2. The van der Waals surface area contributed by atoms with Crippen LogP contribution in [-0.2, 0) is 19.6 Å². The molecule has 0 spiro atoms. The molecule has 1 atom stereocenters. The number of carbonyl (C=O) groups is 2. The lowest BCUT2D eigenvalue weighted by Gasteiger charge is -2.35. The van der Waals surface area contributed by atoms with Crippen molar-refractivity contribution in [2.24, 2.45) is 0 Å². The van der Waals surface area contributed by atoms with Crippen molar-refractivity contribution in [2.45, 2.75) is 43.8 Å². The summed E-state index contributed by atoms with van der Waals surface area (Å²) in [4.78, 5) is 23.1. The first-order chi connectivity index (χ1) is 15.8. The molecule has 0 aromatic heterocycles. The number of rotatable bonds is 6. The van der Waals surface area contributed by atoms with Gasteiger partial charge in [0.25, 0.3) is 10.0 Å². The molecule has 0 saturated carbocycles. The summed E-state index contributed by atoms with van der Waals surface area (Å²) in [5.41, 5.74) is -0.452. The fraction of sp³-hybridized carbons (Fsp3) is 0.364. The largest absolute Gasteiger partial charge is 0.494 e. The Balaban J connectivity index is 2.03. The van der Waals surface area contributed by atoms with Crippen molar-refractivity contribution < 1.29 is 41.7 Å². The predicted molar refractivity (Wildman–Crippen MR) is 120 cm³/mol. The third kappa shape index (κ3) is 5.68. The molecule has 0 fully saturated rings. The van der Waals surface area contributed by atoms with Crippen LogP contribution in [0.2, 0.25) is 0 Å². The van der Waals surface area contributed by atoms with Crippen LogP contribution in [0.3, 0.4) is 0 Å². The van der Waals surface area contributed by atoms with Crippen LogP contribution >= 0.6 is 0 Å². The highest BCUT2D eigenvalue weighted by atomic mass is 32.2. The summed E-state index contributed by atoms with van der Waals surface area (Å²) in [5.74, 6) is -2.07. The summed E-state index contributed by atoms with van der Waals surface area (Å²) in [7, 11) is -3.09. The lowest BCUT2D eigenvalue weighted by atomic mass is 10.1. The summed E-state index contributed by atoms with van der Waals surface area (Å²) in [6.45, 7) is 4.76. The molecule has 2 aromatic rings. The van der Waals surface area contributed by atoms with Gasteiger partial charge in [0.1, 0.15) is 17.5 Å². The van der Waals surface area contributed by atoms with E-state index >= 15 is 0 Å². The van der Waals surface area contributed by atoms with E-state index in [2.05, 4.69) is 5.32 Å². The molecular weight excluding hydrogens is 471 g/mol. The Labute approximate surface area is 196 Å². The number of nitrogens with zero attached hydrogens (tertiary/aromatic N) is 1. The molecule has 10 nitrogen and oxygen atoms in total. The van der Waals surface area contributed by atoms with E-state index in [0.29, 0.717) is 0 Å². The summed E-state index contributed by atoms with van der Waals surface area (Å²) in [6.07, 6.45) is -2.17. The van der Waals surface area contributed by atoms with E-state index in [0.717, 1.165) is 22.5 Å². The fourth-order valence-electron chi connectivity index (χ4n) is 3.27. The Bertz CT molecular complexity index is 1210. The molecule has 0 saturated heterocycles. The second-order valence-corrected chi connectivity index (χ2v) is 10.3. The van der Waals surface area contributed by atoms with Gasteiger partial charge in [-0.05, 0) is 51.1 Å². The molecule has 0 radical (unpaired) electrons. The molecule has 0 bridgehead atoms. The maximum absolute atomic E-state index is 13.9. The minimum atomic E-state index is -4.30. The van der Waals surface area contributed by atoms with Crippen molar-refractivity contribution in [3.05, 3.63) is 42.2 Å². The standard InChI is InChI=1S/C22H25FN2O8S/c1-22(2,3)33-21(28)24-13-5-8-18-17(9-13)25(12-14(32-18)10-20(26)27)34(29,30)15-6-7-16(23)19(11-15)31-4/h5-9,11,14H,10,12H2,1-4H3,(H,24,28)(H,26,27)/t14-/m0/s1. The quantitative estimate of drug-likeness (QED) is 0.620. The molecule has 3 rings (SSSR count). The number of halogens is 1. The zero-order valence-electron chi connectivity index (χ0n) is 19.0. The van der Waals surface area contributed by atoms with Gasteiger partial charge in [0.05, 0.1) is 30.7 Å². The highest BCUT2D eigenvalue weighted by Crippen LogP contribution is 2.40. The first-order valence-corrected chi connectivity index (χ1v) is 11.6. The molecule has 1 amide bonds. The summed E-state index contributed by atoms with van der Waals surface area (Å²) in [5, 5.41) is 11.7. The summed E-state index contributed by atoms with van der Waals surface area (Å²) < 4.78 is 57.7. The number of ether oxygens (including phenoxy) is 3. The topological polar surface area (TPSA) is 131 Å². The second-order valence-electron chi connectivity index (χ2n) is 8.48. The van der Waals surface area contributed by atoms with Gasteiger partial charge in [0, 0.05) is 11.8 Å². The third-order valence-electron chi connectivity index (χ3n) is 4.65. The van der Waals surface area contributed by atoms with Crippen molar-refractivity contribution in [2.75, 3.05) is 23.3 Å². The molecule has 0 unspecified atom stereocenters. The van der Waals surface area contributed by atoms with E-state index in [9.17, 15) is 27.5 Å². The Morgan fingerprint density at radius 3 is 2.56 bits per heavy atom. The van der Waals surface area contributed by atoms with Gasteiger partial charge < -0.3 is 19.3 Å². The van der Waals surface area contributed by atoms with Crippen LogP contribution in [0, 0.1) is 5.82 Å². The van der Waals surface area contributed by atoms with Gasteiger partial charge >= 0.3 is 12.1 Å². The summed E-state index contributed by atoms with van der Waals surface area (Å²) >= 11 is 0. The van der Waals surface area contributed by atoms with Crippen molar-refractivity contribution >= 4 is 33.5 Å². The van der Waals surface area contributed by atoms with E-state index < -0.39 is 46.0 Å². The molecule has 34 heavy (non-hydrogen) atoms. The molecule has 1 aliphatic rings. The van der Waals surface area contributed by atoms with Crippen LogP contribution in [0.4, 0.5) is 20.6 Å². The van der Waals surface area contributed by atoms with Gasteiger partial charge in [-0.2, -0.15) is 0 Å². The average molecular weight is 497 g/mol. The molecule has 2 N–H and O–H groups in total. The van der Waals surface area contributed by atoms with Crippen LogP contribution in [0.5, 0.6) is 11.5 Å². The predicted octanol–water partition coefficient (Wildman–Crippen LogP) is 3.61. The van der Waals surface area contributed by atoms with E-state index in [-0.39, 0.29) is 34.3 Å². The zero-order chi connectivity index (χ0) is 25.3. The van der Waals surface area contributed by atoms with Gasteiger partial charge in [0.2, 0.25) is 0 Å². The second kappa shape index (κ2) is 9.37. The van der Waals surface area contributed by atoms with Gasteiger partial charge in [0.15, 0.2) is 11.6 Å². The van der Waals surface area contributed by atoms with Crippen molar-refractivity contribution in [1.29, 1.82) is 0 Å². The smallest absolute Gasteiger partial charge is 0.412 e. The Morgan fingerprint density at radius 2 is 1.94 bits per heavy atom. The number of amides is 1. The molecule has 1 heterocycles. The third-order valence-corrected chi connectivity index (χ3v) is 6.42. The number of sulfonamides is 1. The Morgan fingerprint density at radius 1 is 1.24 bits per heavy atom. The number of anilines is 2. The van der Waals surface area contributed by atoms with Crippen LogP contribution in [0.25, 0.3) is 0 Å². The molecule has 0 aliphatic carbocycles. The lowest BCUT2D eigenvalue weighted by molar-refractivity contribution is -0.138. The van der Waals surface area contributed by atoms with Crippen molar-refractivity contribution in [3.8, 4) is 11.5 Å². The molecule has 12 heteroatoms. The SMILES string of the molecule is COc1cc(S(=O)(=O)N2C[C@H](CC(=O)O)Oc3ccc(NC(=O)OC(C)(C)C)cc32)ccc1F. The van der Waals surface area contributed by atoms with E-state index in [4.69, 9.17) is 14.2 Å². The highest BCUT2D eigenvalue weighted by Gasteiger charge is 2.36. The van der Waals surface area contributed by atoms with Crippen LogP contribution < -0.4 is 19.1 Å². The Hall–Kier alpha value is -3.54. The zero-order valence-corrected chi connectivity index (χ0v) is 19.8. The number of carbonyl (C=O) groups excluding carboxylic acids is 1. The number of fused-ring (bicyclic) bond motifs is 1. The minimum absolute atomic E-state index is 0.0680. The average Bonchev–Trinajstić information content (AvgIpc) is 2.71. The molecule has 184 valence electrons. The van der Waals surface area contributed by atoms with Crippen molar-refractivity contribution in [3.63, 3.8) is 0 Å². The molecule has 2 aromatic carbocycles. The lowest BCUT2D eigenvalue weighted by Crippen LogP contribution is -2.44. The highest BCUT2D eigenvalue weighted by molar-refractivity contribution is 7.92. The van der Waals surface area contributed by atoms with E-state index in [1.54, 1.807) is 20.8 Å². The van der Waals surface area contributed by atoms with Gasteiger partial charge in [-0.15, -0.1) is 0 Å². The maximum Gasteiger partial charge on any atom is 0.412 e. The minimum Gasteiger partial charge on any atom is -0.494 e. The molecule has 1 aliphatic heterocycles. The fourth-order valence-corrected chi connectivity index (χ4v) is 4.78. The number of aliphatic carboxylic acids is 1. The number of nitrogens with one attached hydrogen (secondary N) is 1.